The quantitative estimate of drug-likeness (QED) is 0.310. The van der Waals surface area contributed by atoms with Crippen molar-refractivity contribution in [3.05, 3.63) is 46.0 Å². The molecule has 0 fully saturated rings. The topological polar surface area (TPSA) is 87.2 Å². The van der Waals surface area contributed by atoms with Crippen LogP contribution < -0.4 is 0 Å². The van der Waals surface area contributed by atoms with Crippen molar-refractivity contribution in [2.45, 2.75) is 6.23 Å². The molecule has 0 amide bonds. The molecule has 5 heteroatoms. The van der Waals surface area contributed by atoms with Gasteiger partial charge in [0, 0.05) is 5.56 Å². The molecule has 0 saturated carbocycles. The number of benzene rings is 1. The molecule has 1 unspecified atom stereocenters. The van der Waals surface area contributed by atoms with Crippen LogP contribution in [0, 0.1) is 15.5 Å². The second-order valence-electron chi connectivity index (χ2n) is 2.44. The Morgan fingerprint density at radius 2 is 2.00 bits per heavy atom. The van der Waals surface area contributed by atoms with Gasteiger partial charge in [-0.2, -0.15) is 0 Å². The zero-order valence-electron chi connectivity index (χ0n) is 6.68. The predicted molar refractivity (Wildman–Crippen MR) is 46.3 cm³/mol. The maximum Gasteiger partial charge on any atom is 0.356 e. The standard InChI is InChI=1S/C8H8N2O3/c9-7(8(11)10(12)13)6-4-2-1-3-5-6/h1-5,8-9,11H. The van der Waals surface area contributed by atoms with Crippen LogP contribution in [0.4, 0.5) is 0 Å². The fourth-order valence-corrected chi connectivity index (χ4v) is 0.872. The van der Waals surface area contributed by atoms with Gasteiger partial charge in [-0.25, -0.2) is 0 Å². The minimum atomic E-state index is -1.94. The molecular weight excluding hydrogens is 172 g/mol. The van der Waals surface area contributed by atoms with Gasteiger partial charge in [0.25, 0.3) is 0 Å². The number of hydrogen-bond donors (Lipinski definition) is 2. The summed E-state index contributed by atoms with van der Waals surface area (Å²) in [6.07, 6.45) is -1.94. The maximum absolute atomic E-state index is 10.1. The van der Waals surface area contributed by atoms with E-state index in [1.807, 2.05) is 0 Å². The Morgan fingerprint density at radius 3 is 2.46 bits per heavy atom. The largest absolute Gasteiger partial charge is 0.356 e. The molecule has 0 aliphatic carbocycles. The monoisotopic (exact) mass is 180 g/mol. The fourth-order valence-electron chi connectivity index (χ4n) is 0.872. The normalized spacial score (nSPS) is 12.1. The van der Waals surface area contributed by atoms with Gasteiger partial charge in [0.2, 0.25) is 0 Å². The Balaban J connectivity index is 2.86. The number of nitrogens with one attached hydrogen (secondary N) is 1. The highest BCUT2D eigenvalue weighted by atomic mass is 16.7. The van der Waals surface area contributed by atoms with E-state index in [9.17, 15) is 10.1 Å². The highest BCUT2D eigenvalue weighted by Gasteiger charge is 2.22. The van der Waals surface area contributed by atoms with Gasteiger partial charge in [0.15, 0.2) is 0 Å². The molecule has 13 heavy (non-hydrogen) atoms. The maximum atomic E-state index is 10.1. The third kappa shape index (κ3) is 2.09. The van der Waals surface area contributed by atoms with Crippen LogP contribution >= 0.6 is 0 Å². The van der Waals surface area contributed by atoms with Crippen molar-refractivity contribution in [2.75, 3.05) is 0 Å². The lowest BCUT2D eigenvalue weighted by atomic mass is 10.1. The number of rotatable bonds is 3. The second kappa shape index (κ2) is 3.77. The summed E-state index contributed by atoms with van der Waals surface area (Å²) in [6, 6.07) is 8.10. The van der Waals surface area contributed by atoms with Crippen LogP contribution in [0.1, 0.15) is 5.56 Å². The Labute approximate surface area is 74.3 Å². The summed E-state index contributed by atoms with van der Waals surface area (Å²) < 4.78 is 0. The number of aliphatic hydroxyl groups excluding tert-OH is 1. The van der Waals surface area contributed by atoms with Crippen LogP contribution in [0.25, 0.3) is 0 Å². The van der Waals surface area contributed by atoms with E-state index in [-0.39, 0.29) is 0 Å². The summed E-state index contributed by atoms with van der Waals surface area (Å²) >= 11 is 0. The van der Waals surface area contributed by atoms with Crippen molar-refractivity contribution in [3.63, 3.8) is 0 Å². The lowest BCUT2D eigenvalue weighted by Gasteiger charge is -2.03. The van der Waals surface area contributed by atoms with Crippen LogP contribution in [0.5, 0.6) is 0 Å². The Hall–Kier alpha value is -1.75. The molecular formula is C8H8N2O3. The van der Waals surface area contributed by atoms with Gasteiger partial charge >= 0.3 is 6.23 Å². The molecule has 0 bridgehead atoms. The molecule has 0 aliphatic rings. The first kappa shape index (κ1) is 9.34. The minimum absolute atomic E-state index is 0.353. The third-order valence-electron chi connectivity index (χ3n) is 1.54. The van der Waals surface area contributed by atoms with Gasteiger partial charge in [-0.3, -0.25) is 15.5 Å². The Kier molecular flexibility index (Phi) is 2.71. The Bertz CT molecular complexity index is 323. The van der Waals surface area contributed by atoms with Crippen LogP contribution in [-0.4, -0.2) is 22.0 Å². The molecule has 0 radical (unpaired) electrons. The van der Waals surface area contributed by atoms with E-state index in [0.717, 1.165) is 0 Å². The van der Waals surface area contributed by atoms with Gasteiger partial charge in [0.05, 0.1) is 4.92 Å². The van der Waals surface area contributed by atoms with Gasteiger partial charge in [0.1, 0.15) is 5.71 Å². The number of aliphatic hydroxyl groups is 1. The first-order chi connectivity index (χ1) is 6.13. The summed E-state index contributed by atoms with van der Waals surface area (Å²) in [5.41, 5.74) is -0.0442. The molecule has 0 saturated heterocycles. The van der Waals surface area contributed by atoms with E-state index in [2.05, 4.69) is 0 Å². The van der Waals surface area contributed by atoms with Crippen LogP contribution in [0.15, 0.2) is 30.3 Å². The molecule has 1 rings (SSSR count). The van der Waals surface area contributed by atoms with Crippen LogP contribution in [-0.2, 0) is 0 Å². The molecule has 5 nitrogen and oxygen atoms in total. The van der Waals surface area contributed by atoms with E-state index < -0.39 is 16.9 Å². The predicted octanol–water partition coefficient (Wildman–Crippen LogP) is 0.650. The minimum Gasteiger partial charge on any atom is -0.328 e. The molecule has 68 valence electrons. The highest BCUT2D eigenvalue weighted by molar-refractivity contribution is 6.00. The molecule has 0 heterocycles. The zero-order valence-corrected chi connectivity index (χ0v) is 6.68. The van der Waals surface area contributed by atoms with Gasteiger partial charge < -0.3 is 5.11 Å². The average Bonchev–Trinajstić information content (AvgIpc) is 2.17. The van der Waals surface area contributed by atoms with Crippen molar-refractivity contribution in [2.24, 2.45) is 0 Å². The van der Waals surface area contributed by atoms with Gasteiger partial charge in [-0.15, -0.1) is 0 Å². The van der Waals surface area contributed by atoms with E-state index in [1.54, 1.807) is 18.2 Å². The lowest BCUT2D eigenvalue weighted by Crippen LogP contribution is -2.28. The highest BCUT2D eigenvalue weighted by Crippen LogP contribution is 2.03. The van der Waals surface area contributed by atoms with Crippen molar-refractivity contribution < 1.29 is 10.0 Å². The summed E-state index contributed by atoms with van der Waals surface area (Å²) in [6.45, 7) is 0. The van der Waals surface area contributed by atoms with Crippen molar-refractivity contribution >= 4 is 5.71 Å². The molecule has 2 N–H and O–H groups in total. The molecule has 1 atom stereocenters. The van der Waals surface area contributed by atoms with Gasteiger partial charge in [-0.05, 0) is 0 Å². The average molecular weight is 180 g/mol. The Morgan fingerprint density at radius 1 is 1.46 bits per heavy atom. The molecule has 1 aromatic rings. The molecule has 0 aromatic heterocycles. The van der Waals surface area contributed by atoms with Crippen LogP contribution in [0.2, 0.25) is 0 Å². The first-order valence-corrected chi connectivity index (χ1v) is 3.58. The first-order valence-electron chi connectivity index (χ1n) is 3.58. The third-order valence-corrected chi connectivity index (χ3v) is 1.54. The van der Waals surface area contributed by atoms with Crippen molar-refractivity contribution in [3.8, 4) is 0 Å². The lowest BCUT2D eigenvalue weighted by molar-refractivity contribution is -0.547. The zero-order chi connectivity index (χ0) is 9.84. The summed E-state index contributed by atoms with van der Waals surface area (Å²) in [7, 11) is 0. The van der Waals surface area contributed by atoms with Crippen molar-refractivity contribution in [1.82, 2.24) is 0 Å². The summed E-state index contributed by atoms with van der Waals surface area (Å²) in [5, 5.41) is 26.3. The summed E-state index contributed by atoms with van der Waals surface area (Å²) in [5.74, 6) is 0. The van der Waals surface area contributed by atoms with E-state index in [4.69, 9.17) is 10.5 Å². The van der Waals surface area contributed by atoms with E-state index in [1.165, 1.54) is 12.1 Å². The second-order valence-corrected chi connectivity index (χ2v) is 2.44. The van der Waals surface area contributed by atoms with E-state index >= 15 is 0 Å². The number of nitrogens with zero attached hydrogens (tertiary/aromatic N) is 1. The van der Waals surface area contributed by atoms with E-state index in [0.29, 0.717) is 5.56 Å². The smallest absolute Gasteiger partial charge is 0.328 e. The molecule has 0 aliphatic heterocycles. The SMILES string of the molecule is N=C(c1ccccc1)C(O)[N+](=O)[O-]. The fraction of sp³-hybridized carbons (Fsp3) is 0.125. The molecule has 0 spiro atoms. The van der Waals surface area contributed by atoms with Crippen molar-refractivity contribution in [1.29, 1.82) is 5.41 Å². The summed E-state index contributed by atoms with van der Waals surface area (Å²) in [4.78, 5) is 9.22. The van der Waals surface area contributed by atoms with Crippen LogP contribution in [0.3, 0.4) is 0 Å². The molecule has 1 aromatic carbocycles. The number of hydrogen-bond acceptors (Lipinski definition) is 4. The van der Waals surface area contributed by atoms with Gasteiger partial charge in [-0.1, -0.05) is 30.3 Å². The number of nitro groups is 1.